The zero-order valence-electron chi connectivity index (χ0n) is 17.0. The van der Waals surface area contributed by atoms with Gasteiger partial charge in [-0.2, -0.15) is 5.10 Å². The molecule has 1 amide bonds. The fourth-order valence-corrected chi connectivity index (χ4v) is 4.23. The molecule has 4 rings (SSSR count). The summed E-state index contributed by atoms with van der Waals surface area (Å²) in [5, 5.41) is 18.0. The van der Waals surface area contributed by atoms with Crippen molar-refractivity contribution in [3.05, 3.63) is 64.9 Å². The number of fused-ring (bicyclic) bond motifs is 1. The van der Waals surface area contributed by atoms with Crippen LogP contribution in [-0.2, 0) is 5.60 Å². The molecule has 1 aliphatic rings. The number of halogens is 3. The predicted octanol–water partition coefficient (Wildman–Crippen LogP) is 4.45. The van der Waals surface area contributed by atoms with Crippen molar-refractivity contribution in [1.82, 2.24) is 19.9 Å². The molecule has 0 unspecified atom stereocenters. The molecule has 1 aromatic carbocycles. The number of benzene rings is 1. The molecule has 0 saturated heterocycles. The average molecular weight is 432 g/mol. The van der Waals surface area contributed by atoms with Gasteiger partial charge in [-0.25, -0.2) is 22.7 Å². The van der Waals surface area contributed by atoms with Crippen LogP contribution in [-0.4, -0.2) is 25.6 Å². The molecule has 0 spiro atoms. The minimum atomic E-state index is -2.95. The molecular weight excluding hydrogens is 409 g/mol. The van der Waals surface area contributed by atoms with E-state index in [1.165, 1.54) is 36.1 Å². The highest BCUT2D eigenvalue weighted by atomic mass is 19.3. The van der Waals surface area contributed by atoms with Crippen molar-refractivity contribution >= 4 is 11.6 Å². The fraction of sp³-hybridized carbons (Fsp3) is 0.409. The van der Waals surface area contributed by atoms with E-state index in [1.807, 2.05) is 0 Å². The number of hydrogen-bond acceptors (Lipinski definition) is 4. The summed E-state index contributed by atoms with van der Waals surface area (Å²) in [5.41, 5.74) is -0.625. The first-order valence-corrected chi connectivity index (χ1v) is 10.2. The predicted molar refractivity (Wildman–Crippen MR) is 107 cm³/mol. The Balaban J connectivity index is 1.65. The van der Waals surface area contributed by atoms with Gasteiger partial charge < -0.3 is 10.4 Å². The fourth-order valence-electron chi connectivity index (χ4n) is 4.23. The Bertz CT molecular complexity index is 1110. The van der Waals surface area contributed by atoms with Crippen LogP contribution in [0.5, 0.6) is 0 Å². The Hall–Kier alpha value is -2.94. The number of nitrogens with zero attached hydrogens (tertiary/aromatic N) is 3. The van der Waals surface area contributed by atoms with Gasteiger partial charge in [-0.1, -0.05) is 37.5 Å². The van der Waals surface area contributed by atoms with Gasteiger partial charge in [-0.3, -0.25) is 4.79 Å². The molecular formula is C22H23F3N4O2. The van der Waals surface area contributed by atoms with E-state index < -0.39 is 35.4 Å². The van der Waals surface area contributed by atoms with Gasteiger partial charge in [0.2, 0.25) is 0 Å². The molecule has 0 bridgehead atoms. The van der Waals surface area contributed by atoms with Gasteiger partial charge >= 0.3 is 0 Å². The third kappa shape index (κ3) is 4.01. The summed E-state index contributed by atoms with van der Waals surface area (Å²) in [4.78, 5) is 17.2. The van der Waals surface area contributed by atoms with Crippen molar-refractivity contribution < 1.29 is 23.1 Å². The quantitative estimate of drug-likeness (QED) is 0.624. The van der Waals surface area contributed by atoms with E-state index in [1.54, 1.807) is 6.07 Å². The van der Waals surface area contributed by atoms with Crippen molar-refractivity contribution in [3.8, 4) is 0 Å². The topological polar surface area (TPSA) is 79.5 Å². The van der Waals surface area contributed by atoms with Crippen molar-refractivity contribution in [2.75, 3.05) is 0 Å². The van der Waals surface area contributed by atoms with Gasteiger partial charge in [0.1, 0.15) is 12.1 Å². The first-order chi connectivity index (χ1) is 14.8. The number of aliphatic hydroxyl groups is 1. The Morgan fingerprint density at radius 2 is 1.94 bits per heavy atom. The number of carbonyl (C=O) groups is 1. The molecule has 2 aromatic heterocycles. The lowest BCUT2D eigenvalue weighted by Crippen LogP contribution is -2.31. The second-order valence-electron chi connectivity index (χ2n) is 8.01. The summed E-state index contributed by atoms with van der Waals surface area (Å²) in [6, 6.07) is 4.46. The second kappa shape index (κ2) is 8.30. The average Bonchev–Trinajstić information content (AvgIpc) is 3.22. The van der Waals surface area contributed by atoms with Crippen molar-refractivity contribution in [3.63, 3.8) is 0 Å². The van der Waals surface area contributed by atoms with Crippen molar-refractivity contribution in [2.45, 2.75) is 57.1 Å². The molecule has 2 heterocycles. The molecule has 3 aromatic rings. The number of alkyl halides is 2. The third-order valence-corrected chi connectivity index (χ3v) is 5.93. The monoisotopic (exact) mass is 432 g/mol. The maximum atomic E-state index is 14.5. The van der Waals surface area contributed by atoms with E-state index in [4.69, 9.17) is 0 Å². The molecule has 2 N–H and O–H groups in total. The number of carbonyl (C=O) groups excluding carboxylic acids is 1. The van der Waals surface area contributed by atoms with E-state index in [0.29, 0.717) is 24.1 Å². The molecule has 0 radical (unpaired) electrons. The lowest BCUT2D eigenvalue weighted by molar-refractivity contribution is 0.000225. The largest absolute Gasteiger partial charge is 0.385 e. The summed E-state index contributed by atoms with van der Waals surface area (Å²) in [5.74, 6) is -1.57. The lowest BCUT2D eigenvalue weighted by Gasteiger charge is -2.32. The molecule has 1 fully saturated rings. The number of rotatable bonds is 5. The Labute approximate surface area is 177 Å². The van der Waals surface area contributed by atoms with E-state index in [-0.39, 0.29) is 11.1 Å². The van der Waals surface area contributed by atoms with Gasteiger partial charge in [0.25, 0.3) is 12.3 Å². The molecule has 1 saturated carbocycles. The molecule has 164 valence electrons. The van der Waals surface area contributed by atoms with E-state index in [9.17, 15) is 23.1 Å². The number of pyridine rings is 1. The van der Waals surface area contributed by atoms with Crippen LogP contribution in [0, 0.1) is 5.82 Å². The van der Waals surface area contributed by atoms with Gasteiger partial charge in [0.15, 0.2) is 5.65 Å². The van der Waals surface area contributed by atoms with Crippen LogP contribution in [0.3, 0.4) is 0 Å². The van der Waals surface area contributed by atoms with E-state index >= 15 is 0 Å². The Morgan fingerprint density at radius 3 is 2.65 bits per heavy atom. The van der Waals surface area contributed by atoms with Crippen LogP contribution < -0.4 is 5.32 Å². The van der Waals surface area contributed by atoms with Gasteiger partial charge in [-0.05, 0) is 25.8 Å². The summed E-state index contributed by atoms with van der Waals surface area (Å²) in [6.07, 6.45) is 3.76. The zero-order valence-corrected chi connectivity index (χ0v) is 17.0. The molecule has 31 heavy (non-hydrogen) atoms. The zero-order chi connectivity index (χ0) is 22.2. The SMILES string of the molecule is C[C@@H](NC(=O)c1cc(C2(O)CCCCC2)c2ncnn2c1)c1cccc(C(F)F)c1F. The molecule has 9 heteroatoms. The highest BCUT2D eigenvalue weighted by Crippen LogP contribution is 2.38. The Morgan fingerprint density at radius 1 is 1.23 bits per heavy atom. The Kier molecular flexibility index (Phi) is 5.70. The highest BCUT2D eigenvalue weighted by molar-refractivity contribution is 5.94. The number of nitrogens with one attached hydrogen (secondary N) is 1. The number of hydrogen-bond donors (Lipinski definition) is 2. The van der Waals surface area contributed by atoms with Gasteiger partial charge in [-0.15, -0.1) is 0 Å². The van der Waals surface area contributed by atoms with E-state index in [0.717, 1.165) is 25.3 Å². The van der Waals surface area contributed by atoms with Crippen molar-refractivity contribution in [1.29, 1.82) is 0 Å². The first kappa shape index (κ1) is 21.3. The standard InChI is InChI=1S/C22H23F3N4O2/c1-13(15-6-5-7-16(18(15)23)19(24)25)28-21(30)14-10-17(20-26-12-27-29(20)11-14)22(31)8-3-2-4-9-22/h5-7,10-13,19,31H,2-4,8-9H2,1H3,(H,28,30)/t13-/m1/s1. The highest BCUT2D eigenvalue weighted by Gasteiger charge is 2.34. The molecule has 0 aliphatic heterocycles. The minimum Gasteiger partial charge on any atom is -0.385 e. The summed E-state index contributed by atoms with van der Waals surface area (Å²) >= 11 is 0. The van der Waals surface area contributed by atoms with Crippen LogP contribution >= 0.6 is 0 Å². The summed E-state index contributed by atoms with van der Waals surface area (Å²) < 4.78 is 41.9. The number of aromatic nitrogens is 3. The minimum absolute atomic E-state index is 0.0286. The van der Waals surface area contributed by atoms with Crippen LogP contribution in [0.4, 0.5) is 13.2 Å². The van der Waals surface area contributed by atoms with Crippen LogP contribution in [0.15, 0.2) is 36.8 Å². The van der Waals surface area contributed by atoms with Crippen LogP contribution in [0.2, 0.25) is 0 Å². The van der Waals surface area contributed by atoms with Crippen LogP contribution in [0.1, 0.15) is 78.5 Å². The molecule has 6 nitrogen and oxygen atoms in total. The van der Waals surface area contributed by atoms with Gasteiger partial charge in [0, 0.05) is 17.3 Å². The molecule has 1 aliphatic carbocycles. The maximum Gasteiger partial charge on any atom is 0.266 e. The lowest BCUT2D eigenvalue weighted by atomic mass is 9.79. The smallest absolute Gasteiger partial charge is 0.266 e. The normalized spacial score (nSPS) is 17.1. The van der Waals surface area contributed by atoms with Crippen molar-refractivity contribution in [2.24, 2.45) is 0 Å². The summed E-state index contributed by atoms with van der Waals surface area (Å²) in [6.45, 7) is 1.52. The third-order valence-electron chi connectivity index (χ3n) is 5.93. The van der Waals surface area contributed by atoms with E-state index in [2.05, 4.69) is 15.4 Å². The second-order valence-corrected chi connectivity index (χ2v) is 8.01. The first-order valence-electron chi connectivity index (χ1n) is 10.2. The molecule has 1 atom stereocenters. The summed E-state index contributed by atoms with van der Waals surface area (Å²) in [7, 11) is 0. The van der Waals surface area contributed by atoms with Crippen LogP contribution in [0.25, 0.3) is 5.65 Å². The maximum absolute atomic E-state index is 14.5. The number of amides is 1. The van der Waals surface area contributed by atoms with Gasteiger partial charge in [0.05, 0.1) is 22.8 Å².